The van der Waals surface area contributed by atoms with Gasteiger partial charge in [0.15, 0.2) is 5.65 Å². The topological polar surface area (TPSA) is 52.0 Å². The highest BCUT2D eigenvalue weighted by atomic mass is 16.5. The number of aromatic nitrogens is 3. The highest BCUT2D eigenvalue weighted by Gasteiger charge is 2.07. The van der Waals surface area contributed by atoms with Crippen molar-refractivity contribution >= 4 is 11.0 Å². The Morgan fingerprint density at radius 3 is 3.00 bits per heavy atom. The van der Waals surface area contributed by atoms with Crippen LogP contribution in [-0.4, -0.2) is 34.5 Å². The molecule has 98 valence electrons. The molecule has 5 heteroatoms. The third-order valence-electron chi connectivity index (χ3n) is 3.08. The minimum atomic E-state index is 0.224. The fourth-order valence-corrected chi connectivity index (χ4v) is 1.95. The Morgan fingerprint density at radius 1 is 1.50 bits per heavy atom. The lowest BCUT2D eigenvalue weighted by molar-refractivity contribution is 0.117. The number of aryl methyl sites for hydroxylation is 2. The molecule has 5 nitrogen and oxygen atoms in total. The molecule has 0 amide bonds. The lowest BCUT2D eigenvalue weighted by Gasteiger charge is -2.10. The first-order valence-corrected chi connectivity index (χ1v) is 6.13. The molecule has 0 fully saturated rings. The Labute approximate surface area is 107 Å². The normalized spacial score (nSPS) is 13.1. The van der Waals surface area contributed by atoms with Gasteiger partial charge in [-0.15, -0.1) is 0 Å². The zero-order chi connectivity index (χ0) is 13.1. The third kappa shape index (κ3) is 2.68. The maximum Gasteiger partial charge on any atom is 0.157 e. The summed E-state index contributed by atoms with van der Waals surface area (Å²) in [5.41, 5.74) is 3.12. The van der Waals surface area contributed by atoms with Crippen LogP contribution in [0.5, 0.6) is 0 Å². The van der Waals surface area contributed by atoms with Gasteiger partial charge in [0.1, 0.15) is 0 Å². The van der Waals surface area contributed by atoms with Gasteiger partial charge in [0.25, 0.3) is 0 Å². The Hall–Kier alpha value is -1.46. The molecule has 0 radical (unpaired) electrons. The second-order valence-electron chi connectivity index (χ2n) is 4.60. The zero-order valence-electron chi connectivity index (χ0n) is 11.4. The number of nitrogens with one attached hydrogen (secondary N) is 1. The predicted octanol–water partition coefficient (Wildman–Crippen LogP) is 1.40. The number of rotatable bonds is 5. The van der Waals surface area contributed by atoms with Crippen molar-refractivity contribution in [2.24, 2.45) is 7.05 Å². The van der Waals surface area contributed by atoms with E-state index in [4.69, 9.17) is 4.74 Å². The van der Waals surface area contributed by atoms with Crippen LogP contribution >= 0.6 is 0 Å². The highest BCUT2D eigenvalue weighted by Crippen LogP contribution is 2.16. The van der Waals surface area contributed by atoms with Gasteiger partial charge >= 0.3 is 0 Å². The lowest BCUT2D eigenvalue weighted by atomic mass is 10.2. The summed E-state index contributed by atoms with van der Waals surface area (Å²) in [6.07, 6.45) is 2.12. The summed E-state index contributed by atoms with van der Waals surface area (Å²) >= 11 is 0. The van der Waals surface area contributed by atoms with Crippen LogP contribution in [0, 0.1) is 6.92 Å². The van der Waals surface area contributed by atoms with Gasteiger partial charge in [-0.05, 0) is 25.5 Å². The molecule has 0 saturated carbocycles. The Morgan fingerprint density at radius 2 is 2.28 bits per heavy atom. The number of hydrogen-bond donors (Lipinski definition) is 1. The molecule has 0 aromatic carbocycles. The first-order chi connectivity index (χ1) is 8.61. The van der Waals surface area contributed by atoms with Crippen molar-refractivity contribution in [1.29, 1.82) is 0 Å². The average Bonchev–Trinajstić information content (AvgIpc) is 2.64. The lowest BCUT2D eigenvalue weighted by Crippen LogP contribution is -2.25. The quantitative estimate of drug-likeness (QED) is 0.869. The number of pyridine rings is 1. The van der Waals surface area contributed by atoms with Crippen LogP contribution in [0.1, 0.15) is 18.2 Å². The standard InChI is InChI=1S/C13H20N4O/c1-9(18-4)6-14-7-11-5-12-10(2)16-17(3)13(12)15-8-11/h5,8-9,14H,6-7H2,1-4H3. The zero-order valence-corrected chi connectivity index (χ0v) is 11.4. The average molecular weight is 248 g/mol. The number of hydrogen-bond acceptors (Lipinski definition) is 4. The molecule has 1 N–H and O–H groups in total. The van der Waals surface area contributed by atoms with Crippen molar-refractivity contribution in [2.75, 3.05) is 13.7 Å². The molecule has 2 aromatic rings. The highest BCUT2D eigenvalue weighted by molar-refractivity contribution is 5.78. The molecule has 2 heterocycles. The van der Waals surface area contributed by atoms with Gasteiger partial charge in [-0.1, -0.05) is 0 Å². The van der Waals surface area contributed by atoms with Crippen LogP contribution in [0.15, 0.2) is 12.3 Å². The minimum absolute atomic E-state index is 0.224. The van der Waals surface area contributed by atoms with E-state index >= 15 is 0 Å². The fraction of sp³-hybridized carbons (Fsp3) is 0.538. The van der Waals surface area contributed by atoms with Crippen LogP contribution in [-0.2, 0) is 18.3 Å². The van der Waals surface area contributed by atoms with Crippen molar-refractivity contribution in [3.8, 4) is 0 Å². The van der Waals surface area contributed by atoms with Gasteiger partial charge in [-0.2, -0.15) is 5.10 Å². The molecule has 1 atom stereocenters. The van der Waals surface area contributed by atoms with E-state index in [1.54, 1.807) is 7.11 Å². The maximum absolute atomic E-state index is 5.19. The molecular weight excluding hydrogens is 228 g/mol. The van der Waals surface area contributed by atoms with Gasteiger partial charge in [-0.3, -0.25) is 4.68 Å². The van der Waals surface area contributed by atoms with E-state index in [1.165, 1.54) is 5.56 Å². The minimum Gasteiger partial charge on any atom is -0.380 e. The molecular formula is C13H20N4O. The van der Waals surface area contributed by atoms with Crippen molar-refractivity contribution in [2.45, 2.75) is 26.5 Å². The first-order valence-electron chi connectivity index (χ1n) is 6.13. The van der Waals surface area contributed by atoms with Crippen molar-refractivity contribution < 1.29 is 4.74 Å². The van der Waals surface area contributed by atoms with E-state index in [-0.39, 0.29) is 6.10 Å². The number of ether oxygens (including phenoxy) is 1. The Balaban J connectivity index is 2.08. The molecule has 0 aliphatic rings. The molecule has 2 rings (SSSR count). The van der Waals surface area contributed by atoms with Crippen LogP contribution in [0.4, 0.5) is 0 Å². The molecule has 1 unspecified atom stereocenters. The first kappa shape index (κ1) is 13.0. The van der Waals surface area contributed by atoms with Crippen LogP contribution in [0.2, 0.25) is 0 Å². The van der Waals surface area contributed by atoms with Crippen molar-refractivity contribution in [1.82, 2.24) is 20.1 Å². The fourth-order valence-electron chi connectivity index (χ4n) is 1.95. The van der Waals surface area contributed by atoms with Crippen molar-refractivity contribution in [3.05, 3.63) is 23.5 Å². The van der Waals surface area contributed by atoms with E-state index in [1.807, 2.05) is 31.8 Å². The number of fused-ring (bicyclic) bond motifs is 1. The molecule has 0 bridgehead atoms. The Kier molecular flexibility index (Phi) is 3.93. The Bertz CT molecular complexity index is 535. The predicted molar refractivity (Wildman–Crippen MR) is 71.4 cm³/mol. The van der Waals surface area contributed by atoms with Gasteiger partial charge in [0, 0.05) is 38.8 Å². The van der Waals surface area contributed by atoms with E-state index < -0.39 is 0 Å². The summed E-state index contributed by atoms with van der Waals surface area (Å²) in [5, 5.41) is 8.84. The van der Waals surface area contributed by atoms with Crippen LogP contribution in [0.25, 0.3) is 11.0 Å². The van der Waals surface area contributed by atoms with E-state index in [0.29, 0.717) is 0 Å². The van der Waals surface area contributed by atoms with Crippen molar-refractivity contribution in [3.63, 3.8) is 0 Å². The summed E-state index contributed by atoms with van der Waals surface area (Å²) in [5.74, 6) is 0. The largest absolute Gasteiger partial charge is 0.380 e. The van der Waals surface area contributed by atoms with E-state index in [2.05, 4.69) is 21.5 Å². The molecule has 0 aliphatic heterocycles. The van der Waals surface area contributed by atoms with Gasteiger partial charge < -0.3 is 10.1 Å². The third-order valence-corrected chi connectivity index (χ3v) is 3.08. The molecule has 0 saturated heterocycles. The number of nitrogens with zero attached hydrogens (tertiary/aromatic N) is 3. The van der Waals surface area contributed by atoms with Gasteiger partial charge in [-0.25, -0.2) is 4.98 Å². The second kappa shape index (κ2) is 5.46. The maximum atomic E-state index is 5.19. The van der Waals surface area contributed by atoms with Gasteiger partial charge in [0.05, 0.1) is 11.8 Å². The van der Waals surface area contributed by atoms with E-state index in [9.17, 15) is 0 Å². The van der Waals surface area contributed by atoms with Gasteiger partial charge in [0.2, 0.25) is 0 Å². The molecule has 0 aliphatic carbocycles. The second-order valence-corrected chi connectivity index (χ2v) is 4.60. The molecule has 18 heavy (non-hydrogen) atoms. The van der Waals surface area contributed by atoms with E-state index in [0.717, 1.165) is 29.8 Å². The van der Waals surface area contributed by atoms with Crippen LogP contribution < -0.4 is 5.32 Å². The summed E-state index contributed by atoms with van der Waals surface area (Å²) in [6.45, 7) is 5.68. The summed E-state index contributed by atoms with van der Waals surface area (Å²) in [4.78, 5) is 4.45. The summed E-state index contributed by atoms with van der Waals surface area (Å²) < 4.78 is 7.00. The smallest absolute Gasteiger partial charge is 0.157 e. The summed E-state index contributed by atoms with van der Waals surface area (Å²) in [6, 6.07) is 2.15. The molecule has 0 spiro atoms. The SMILES string of the molecule is COC(C)CNCc1cnc2c(c1)c(C)nn2C. The molecule has 2 aromatic heterocycles. The monoisotopic (exact) mass is 248 g/mol. The summed E-state index contributed by atoms with van der Waals surface area (Å²) in [7, 11) is 3.64. The number of methoxy groups -OCH3 is 1. The van der Waals surface area contributed by atoms with Crippen LogP contribution in [0.3, 0.4) is 0 Å².